The van der Waals surface area contributed by atoms with Crippen molar-refractivity contribution in [2.75, 3.05) is 0 Å². The predicted octanol–water partition coefficient (Wildman–Crippen LogP) is 2.79. The molecule has 3 nitrogen and oxygen atoms in total. The number of aryl methyl sites for hydroxylation is 1. The van der Waals surface area contributed by atoms with Crippen molar-refractivity contribution in [2.24, 2.45) is 0 Å². The Morgan fingerprint density at radius 3 is 2.81 bits per heavy atom. The van der Waals surface area contributed by atoms with E-state index in [9.17, 15) is 4.79 Å². The van der Waals surface area contributed by atoms with Gasteiger partial charge in [0.25, 0.3) is 0 Å². The second-order valence-corrected chi connectivity index (χ2v) is 5.62. The highest BCUT2D eigenvalue weighted by Gasteiger charge is 2.16. The van der Waals surface area contributed by atoms with Gasteiger partial charge in [0.1, 0.15) is 4.88 Å². The van der Waals surface area contributed by atoms with Crippen LogP contribution in [0.2, 0.25) is 0 Å². The van der Waals surface area contributed by atoms with Crippen molar-refractivity contribution in [2.45, 2.75) is 45.2 Å². The maximum absolute atomic E-state index is 10.8. The van der Waals surface area contributed by atoms with Crippen LogP contribution < -0.4 is 5.32 Å². The summed E-state index contributed by atoms with van der Waals surface area (Å²) in [7, 11) is 0. The normalized spacial score (nSPS) is 16.8. The van der Waals surface area contributed by atoms with Crippen LogP contribution in [-0.2, 0) is 6.54 Å². The van der Waals surface area contributed by atoms with E-state index < -0.39 is 5.97 Å². The molecular weight excluding hydrogens is 222 g/mol. The van der Waals surface area contributed by atoms with E-state index >= 15 is 0 Å². The zero-order valence-electron chi connectivity index (χ0n) is 9.45. The Morgan fingerprint density at radius 1 is 1.56 bits per heavy atom. The number of carboxylic acid groups (broad SMARTS) is 1. The number of hydrogen-bond acceptors (Lipinski definition) is 3. The molecule has 2 N–H and O–H groups in total. The van der Waals surface area contributed by atoms with E-state index in [1.165, 1.54) is 37.0 Å². The summed E-state index contributed by atoms with van der Waals surface area (Å²) in [4.78, 5) is 12.4. The predicted molar refractivity (Wildman–Crippen MR) is 65.1 cm³/mol. The summed E-state index contributed by atoms with van der Waals surface area (Å²) in [6, 6.07) is 2.43. The average molecular weight is 239 g/mol. The molecule has 16 heavy (non-hydrogen) atoms. The van der Waals surface area contributed by atoms with Crippen LogP contribution in [0.5, 0.6) is 0 Å². The molecule has 0 amide bonds. The van der Waals surface area contributed by atoms with Crippen LogP contribution in [0.4, 0.5) is 0 Å². The zero-order chi connectivity index (χ0) is 11.5. The van der Waals surface area contributed by atoms with E-state index in [0.717, 1.165) is 17.0 Å². The molecule has 0 unspecified atom stereocenters. The number of carbonyl (C=O) groups is 1. The van der Waals surface area contributed by atoms with Crippen molar-refractivity contribution in [1.29, 1.82) is 0 Å². The first kappa shape index (κ1) is 11.6. The first-order valence-corrected chi connectivity index (χ1v) is 6.54. The first-order valence-electron chi connectivity index (χ1n) is 5.73. The third-order valence-electron chi connectivity index (χ3n) is 3.17. The van der Waals surface area contributed by atoms with Crippen LogP contribution >= 0.6 is 11.3 Å². The van der Waals surface area contributed by atoms with Gasteiger partial charge >= 0.3 is 5.97 Å². The van der Waals surface area contributed by atoms with Gasteiger partial charge in [-0.15, -0.1) is 11.3 Å². The van der Waals surface area contributed by atoms with Crippen LogP contribution in [0.3, 0.4) is 0 Å². The van der Waals surface area contributed by atoms with Crippen LogP contribution in [-0.4, -0.2) is 17.1 Å². The third kappa shape index (κ3) is 2.62. The maximum Gasteiger partial charge on any atom is 0.345 e. The highest BCUT2D eigenvalue weighted by molar-refractivity contribution is 7.14. The molecule has 0 saturated heterocycles. The van der Waals surface area contributed by atoms with Crippen molar-refractivity contribution in [3.05, 3.63) is 21.4 Å². The van der Waals surface area contributed by atoms with Gasteiger partial charge in [0, 0.05) is 17.5 Å². The number of nitrogens with one attached hydrogen (secondary N) is 1. The van der Waals surface area contributed by atoms with Gasteiger partial charge in [-0.05, 0) is 31.4 Å². The van der Waals surface area contributed by atoms with Gasteiger partial charge < -0.3 is 10.4 Å². The summed E-state index contributed by atoms with van der Waals surface area (Å²) in [6.45, 7) is 2.79. The molecule has 0 radical (unpaired) electrons. The third-order valence-corrected chi connectivity index (χ3v) is 4.25. The molecule has 0 bridgehead atoms. The summed E-state index contributed by atoms with van der Waals surface area (Å²) >= 11 is 1.37. The van der Waals surface area contributed by atoms with Gasteiger partial charge in [0.05, 0.1) is 0 Å². The number of carboxylic acids is 1. The van der Waals surface area contributed by atoms with Crippen LogP contribution in [0.15, 0.2) is 6.07 Å². The largest absolute Gasteiger partial charge is 0.477 e. The topological polar surface area (TPSA) is 49.3 Å². The van der Waals surface area contributed by atoms with E-state index in [1.807, 2.05) is 6.92 Å². The molecule has 1 aliphatic carbocycles. The molecule has 1 fully saturated rings. The van der Waals surface area contributed by atoms with Gasteiger partial charge in [0.2, 0.25) is 0 Å². The Hall–Kier alpha value is -0.870. The Kier molecular flexibility index (Phi) is 3.61. The van der Waals surface area contributed by atoms with Gasteiger partial charge in [-0.3, -0.25) is 0 Å². The van der Waals surface area contributed by atoms with Crippen LogP contribution in [0.25, 0.3) is 0 Å². The Morgan fingerprint density at radius 2 is 2.25 bits per heavy atom. The van der Waals surface area contributed by atoms with E-state index in [2.05, 4.69) is 5.32 Å². The molecule has 0 aromatic carbocycles. The molecule has 0 atom stereocenters. The molecule has 0 spiro atoms. The highest BCUT2D eigenvalue weighted by Crippen LogP contribution is 2.23. The monoisotopic (exact) mass is 239 g/mol. The van der Waals surface area contributed by atoms with Crippen LogP contribution in [0, 0.1) is 6.92 Å². The maximum atomic E-state index is 10.8. The number of rotatable bonds is 4. The van der Waals surface area contributed by atoms with Gasteiger partial charge in [-0.2, -0.15) is 0 Å². The lowest BCUT2D eigenvalue weighted by Crippen LogP contribution is -2.25. The fourth-order valence-corrected chi connectivity index (χ4v) is 3.07. The van der Waals surface area contributed by atoms with Gasteiger partial charge in [0.15, 0.2) is 0 Å². The lowest BCUT2D eigenvalue weighted by atomic mass is 10.2. The first-order chi connectivity index (χ1) is 7.66. The molecule has 0 aliphatic heterocycles. The number of hydrogen-bond donors (Lipinski definition) is 2. The minimum Gasteiger partial charge on any atom is -0.477 e. The Balaban J connectivity index is 1.95. The van der Waals surface area contributed by atoms with Crippen LogP contribution in [0.1, 0.15) is 45.8 Å². The van der Waals surface area contributed by atoms with E-state index in [4.69, 9.17) is 5.11 Å². The minimum atomic E-state index is -0.819. The molecule has 1 aromatic heterocycles. The van der Waals surface area contributed by atoms with Gasteiger partial charge in [-0.25, -0.2) is 4.79 Å². The lowest BCUT2D eigenvalue weighted by molar-refractivity contribution is 0.0702. The smallest absolute Gasteiger partial charge is 0.345 e. The summed E-state index contributed by atoms with van der Waals surface area (Å²) in [5, 5.41) is 12.4. The second kappa shape index (κ2) is 4.97. The summed E-state index contributed by atoms with van der Waals surface area (Å²) in [5.41, 5.74) is 1.13. The molecule has 1 saturated carbocycles. The Bertz CT molecular complexity index is 380. The van der Waals surface area contributed by atoms with Crippen molar-refractivity contribution in [3.63, 3.8) is 0 Å². The van der Waals surface area contributed by atoms with E-state index in [0.29, 0.717) is 10.9 Å². The van der Waals surface area contributed by atoms with Crippen molar-refractivity contribution in [3.8, 4) is 0 Å². The minimum absolute atomic E-state index is 0.445. The fourth-order valence-electron chi connectivity index (χ4n) is 2.18. The lowest BCUT2D eigenvalue weighted by Gasteiger charge is -2.10. The van der Waals surface area contributed by atoms with Crippen molar-refractivity contribution < 1.29 is 9.90 Å². The SMILES string of the molecule is Cc1sc(C(=O)O)cc1CNC1CCCC1. The molecule has 1 aliphatic rings. The van der Waals surface area contributed by atoms with E-state index in [-0.39, 0.29) is 0 Å². The van der Waals surface area contributed by atoms with Gasteiger partial charge in [-0.1, -0.05) is 12.8 Å². The Labute approximate surface area is 99.5 Å². The molecule has 1 aromatic rings. The molecular formula is C12H17NO2S. The van der Waals surface area contributed by atoms with E-state index in [1.54, 1.807) is 6.07 Å². The molecule has 4 heteroatoms. The molecule has 88 valence electrons. The standard InChI is InChI=1S/C12H17NO2S/c1-8-9(6-11(16-8)12(14)15)7-13-10-4-2-3-5-10/h6,10,13H,2-5,7H2,1H3,(H,14,15). The molecule has 2 rings (SSSR count). The highest BCUT2D eigenvalue weighted by atomic mass is 32.1. The summed E-state index contributed by atoms with van der Waals surface area (Å²) in [5.74, 6) is -0.819. The fraction of sp³-hybridized carbons (Fsp3) is 0.583. The number of aromatic carboxylic acids is 1. The summed E-state index contributed by atoms with van der Waals surface area (Å²) < 4.78 is 0. The second-order valence-electron chi connectivity index (χ2n) is 4.36. The quantitative estimate of drug-likeness (QED) is 0.849. The van der Waals surface area contributed by atoms with Crippen molar-refractivity contribution in [1.82, 2.24) is 5.32 Å². The average Bonchev–Trinajstić information content (AvgIpc) is 2.84. The zero-order valence-corrected chi connectivity index (χ0v) is 10.3. The summed E-state index contributed by atoms with van der Waals surface area (Å²) in [6.07, 6.45) is 5.16. The number of thiophene rings is 1. The van der Waals surface area contributed by atoms with Crippen molar-refractivity contribution >= 4 is 17.3 Å². The molecule has 1 heterocycles.